The number of amides is 1. The maximum Gasteiger partial charge on any atom is 0.252 e. The molecule has 0 aliphatic carbocycles. The predicted octanol–water partition coefficient (Wildman–Crippen LogP) is 4.63. The third kappa shape index (κ3) is 3.59. The Morgan fingerprint density at radius 3 is 2.36 bits per heavy atom. The maximum absolute atomic E-state index is 12.5. The lowest BCUT2D eigenvalue weighted by Crippen LogP contribution is -2.16. The Balaban J connectivity index is 1.99. The third-order valence-corrected chi connectivity index (χ3v) is 5.80. The minimum absolute atomic E-state index is 0.0922. The SMILES string of the molecule is CCn1c(=NC(=O)Cc2ccc(C)c(C)c2)sc2cc(C)c(C)cc21. The van der Waals surface area contributed by atoms with Crippen LogP contribution in [0.1, 0.15) is 34.7 Å². The summed E-state index contributed by atoms with van der Waals surface area (Å²) < 4.78 is 3.31. The van der Waals surface area contributed by atoms with Crippen molar-refractivity contribution in [3.63, 3.8) is 0 Å². The van der Waals surface area contributed by atoms with Crippen molar-refractivity contribution >= 4 is 27.5 Å². The van der Waals surface area contributed by atoms with Crippen LogP contribution in [0.15, 0.2) is 35.3 Å². The molecule has 0 radical (unpaired) electrons. The molecule has 0 saturated carbocycles. The fourth-order valence-electron chi connectivity index (χ4n) is 2.95. The molecule has 130 valence electrons. The molecule has 0 unspecified atom stereocenters. The van der Waals surface area contributed by atoms with E-state index in [1.54, 1.807) is 11.3 Å². The highest BCUT2D eigenvalue weighted by Gasteiger charge is 2.09. The Morgan fingerprint density at radius 2 is 1.68 bits per heavy atom. The van der Waals surface area contributed by atoms with Crippen LogP contribution in [0.3, 0.4) is 0 Å². The molecular weight excluding hydrogens is 328 g/mol. The summed E-state index contributed by atoms with van der Waals surface area (Å²) in [6.45, 7) is 11.3. The van der Waals surface area contributed by atoms with Crippen LogP contribution in [0.25, 0.3) is 10.2 Å². The summed E-state index contributed by atoms with van der Waals surface area (Å²) >= 11 is 1.59. The molecule has 0 fully saturated rings. The molecule has 3 rings (SSSR count). The number of aromatic nitrogens is 1. The van der Waals surface area contributed by atoms with E-state index in [0.717, 1.165) is 22.4 Å². The molecule has 0 aliphatic heterocycles. The quantitative estimate of drug-likeness (QED) is 0.677. The summed E-state index contributed by atoms with van der Waals surface area (Å²) in [7, 11) is 0. The second-order valence-corrected chi connectivity index (χ2v) is 7.64. The Morgan fingerprint density at radius 1 is 1.00 bits per heavy atom. The number of rotatable bonds is 3. The lowest BCUT2D eigenvalue weighted by atomic mass is 10.0. The summed E-state index contributed by atoms with van der Waals surface area (Å²) in [4.78, 5) is 17.7. The number of aryl methyl sites for hydroxylation is 5. The fraction of sp³-hybridized carbons (Fsp3) is 0.333. The number of benzene rings is 2. The van der Waals surface area contributed by atoms with Crippen molar-refractivity contribution in [1.29, 1.82) is 0 Å². The first kappa shape index (κ1) is 17.6. The minimum atomic E-state index is -0.0922. The van der Waals surface area contributed by atoms with Crippen LogP contribution < -0.4 is 4.80 Å². The summed E-state index contributed by atoms with van der Waals surface area (Å²) in [5.41, 5.74) is 7.17. The molecule has 25 heavy (non-hydrogen) atoms. The first-order chi connectivity index (χ1) is 11.9. The van der Waals surface area contributed by atoms with Crippen LogP contribution >= 0.6 is 11.3 Å². The van der Waals surface area contributed by atoms with Gasteiger partial charge in [0.2, 0.25) is 0 Å². The van der Waals surface area contributed by atoms with E-state index in [-0.39, 0.29) is 5.91 Å². The van der Waals surface area contributed by atoms with Gasteiger partial charge in [0.25, 0.3) is 5.91 Å². The van der Waals surface area contributed by atoms with Gasteiger partial charge in [0.05, 0.1) is 16.6 Å². The Labute approximate surface area is 152 Å². The summed E-state index contributed by atoms with van der Waals surface area (Å²) in [5, 5.41) is 0. The zero-order valence-electron chi connectivity index (χ0n) is 15.5. The highest BCUT2D eigenvalue weighted by molar-refractivity contribution is 7.16. The van der Waals surface area contributed by atoms with Crippen LogP contribution in [-0.4, -0.2) is 10.5 Å². The van der Waals surface area contributed by atoms with Gasteiger partial charge in [-0.15, -0.1) is 0 Å². The monoisotopic (exact) mass is 352 g/mol. The number of carbonyl (C=O) groups is 1. The van der Waals surface area contributed by atoms with Crippen LogP contribution in [0.4, 0.5) is 0 Å². The van der Waals surface area contributed by atoms with Crippen molar-refractivity contribution in [2.45, 2.75) is 47.6 Å². The van der Waals surface area contributed by atoms with Crippen LogP contribution in [0.2, 0.25) is 0 Å². The Kier molecular flexibility index (Phi) is 4.91. The first-order valence-electron chi connectivity index (χ1n) is 8.63. The lowest BCUT2D eigenvalue weighted by molar-refractivity contribution is -0.117. The topological polar surface area (TPSA) is 34.4 Å². The van der Waals surface area contributed by atoms with Crippen molar-refractivity contribution in [2.75, 3.05) is 0 Å². The molecule has 2 aromatic carbocycles. The summed E-state index contributed by atoms with van der Waals surface area (Å²) in [5.74, 6) is -0.0922. The van der Waals surface area contributed by atoms with Gasteiger partial charge in [0.1, 0.15) is 0 Å². The largest absolute Gasteiger partial charge is 0.317 e. The number of fused-ring (bicyclic) bond motifs is 1. The molecular formula is C21H24N2OS. The summed E-state index contributed by atoms with van der Waals surface area (Å²) in [6, 6.07) is 10.5. The van der Waals surface area contributed by atoms with Gasteiger partial charge in [-0.05, 0) is 74.6 Å². The van der Waals surface area contributed by atoms with Gasteiger partial charge in [-0.1, -0.05) is 29.5 Å². The average Bonchev–Trinajstić information content (AvgIpc) is 2.87. The predicted molar refractivity (Wildman–Crippen MR) is 105 cm³/mol. The van der Waals surface area contributed by atoms with Crippen molar-refractivity contribution in [2.24, 2.45) is 4.99 Å². The molecule has 1 heterocycles. The minimum Gasteiger partial charge on any atom is -0.317 e. The van der Waals surface area contributed by atoms with E-state index in [1.165, 1.54) is 27.0 Å². The second kappa shape index (κ2) is 6.96. The standard InChI is InChI=1S/C21H24N2OS/c1-6-23-18-10-15(4)16(5)11-19(18)25-21(23)22-20(24)12-17-8-7-13(2)14(3)9-17/h7-11H,6,12H2,1-5H3. The highest BCUT2D eigenvalue weighted by Crippen LogP contribution is 2.22. The number of hydrogen-bond donors (Lipinski definition) is 0. The molecule has 0 spiro atoms. The van der Waals surface area contributed by atoms with Crippen molar-refractivity contribution in [3.05, 3.63) is 63.0 Å². The first-order valence-corrected chi connectivity index (χ1v) is 9.45. The average molecular weight is 353 g/mol. The third-order valence-electron chi connectivity index (χ3n) is 4.76. The van der Waals surface area contributed by atoms with Gasteiger partial charge in [0.15, 0.2) is 4.80 Å². The van der Waals surface area contributed by atoms with Crippen LogP contribution in [-0.2, 0) is 17.8 Å². The zero-order chi connectivity index (χ0) is 18.1. The summed E-state index contributed by atoms with van der Waals surface area (Å²) in [6.07, 6.45) is 0.344. The van der Waals surface area contributed by atoms with Crippen molar-refractivity contribution < 1.29 is 4.79 Å². The van der Waals surface area contributed by atoms with E-state index in [9.17, 15) is 4.79 Å². The van der Waals surface area contributed by atoms with Gasteiger partial charge < -0.3 is 4.57 Å². The van der Waals surface area contributed by atoms with Crippen LogP contribution in [0.5, 0.6) is 0 Å². The number of hydrogen-bond acceptors (Lipinski definition) is 2. The van der Waals surface area contributed by atoms with E-state index in [0.29, 0.717) is 6.42 Å². The Hall–Kier alpha value is -2.20. The lowest BCUT2D eigenvalue weighted by Gasteiger charge is -2.04. The Bertz CT molecular complexity index is 1020. The molecule has 0 saturated heterocycles. The number of nitrogens with zero attached hydrogens (tertiary/aromatic N) is 2. The molecule has 0 N–H and O–H groups in total. The van der Waals surface area contributed by atoms with Gasteiger partial charge in [0, 0.05) is 6.54 Å². The molecule has 3 nitrogen and oxygen atoms in total. The molecule has 0 bridgehead atoms. The van der Waals surface area contributed by atoms with Gasteiger partial charge in [-0.25, -0.2) is 0 Å². The highest BCUT2D eigenvalue weighted by atomic mass is 32.1. The normalized spacial score (nSPS) is 12.1. The van der Waals surface area contributed by atoms with Crippen molar-refractivity contribution in [3.8, 4) is 0 Å². The zero-order valence-corrected chi connectivity index (χ0v) is 16.3. The molecule has 1 amide bonds. The number of carbonyl (C=O) groups excluding carboxylic acids is 1. The van der Waals surface area contributed by atoms with Crippen LogP contribution in [0, 0.1) is 27.7 Å². The van der Waals surface area contributed by atoms with Crippen molar-refractivity contribution in [1.82, 2.24) is 4.57 Å². The van der Waals surface area contributed by atoms with E-state index in [4.69, 9.17) is 0 Å². The molecule has 3 aromatic rings. The fourth-order valence-corrected chi connectivity index (χ4v) is 4.14. The smallest absolute Gasteiger partial charge is 0.252 e. The van der Waals surface area contributed by atoms with E-state index in [2.05, 4.69) is 68.4 Å². The number of thiazole rings is 1. The second-order valence-electron chi connectivity index (χ2n) is 6.63. The van der Waals surface area contributed by atoms with E-state index >= 15 is 0 Å². The van der Waals surface area contributed by atoms with Gasteiger partial charge >= 0.3 is 0 Å². The molecule has 1 aromatic heterocycles. The molecule has 4 heteroatoms. The van der Waals surface area contributed by atoms with Gasteiger partial charge in [-0.2, -0.15) is 4.99 Å². The maximum atomic E-state index is 12.5. The molecule has 0 atom stereocenters. The van der Waals surface area contributed by atoms with Gasteiger partial charge in [-0.3, -0.25) is 4.79 Å². The van der Waals surface area contributed by atoms with E-state index in [1.807, 2.05) is 6.07 Å². The molecule has 0 aliphatic rings. The van der Waals surface area contributed by atoms with E-state index < -0.39 is 0 Å².